The molecule has 5 N–H and O–H groups in total. The largest absolute Gasteiger partial charge is 0.462 e. The fourth-order valence-electron chi connectivity index (χ4n) is 2.23. The summed E-state index contributed by atoms with van der Waals surface area (Å²) in [6, 6.07) is 5.72. The van der Waals surface area contributed by atoms with Crippen molar-refractivity contribution < 1.29 is 18.8 Å². The molecule has 1 heterocycles. The Morgan fingerprint density at radius 1 is 1.28 bits per heavy atom. The Labute approximate surface area is 160 Å². The Morgan fingerprint density at radius 3 is 2.28 bits per heavy atom. The van der Waals surface area contributed by atoms with Crippen LogP contribution in [0.3, 0.4) is 0 Å². The van der Waals surface area contributed by atoms with Crippen LogP contribution >= 0.6 is 28.0 Å². The minimum absolute atomic E-state index is 0.325. The van der Waals surface area contributed by atoms with Gasteiger partial charge < -0.3 is 9.29 Å². The smallest absolute Gasteiger partial charge is 0.341 e. The number of carbonyl (C=O) groups excluding carboxylic acids is 1. The molecule has 1 aromatic carbocycles. The van der Waals surface area contributed by atoms with Gasteiger partial charge in [-0.2, -0.15) is 0 Å². The molecule has 6 nitrogen and oxygen atoms in total. The monoisotopic (exact) mass is 428 g/mol. The minimum atomic E-state index is -0.424. The molecule has 0 amide bonds. The second kappa shape index (κ2) is 9.65. The lowest BCUT2D eigenvalue weighted by Crippen LogP contribution is -2.47. The highest BCUT2D eigenvalue weighted by Gasteiger charge is 2.15. The van der Waals surface area contributed by atoms with E-state index in [4.69, 9.17) is 20.9 Å². The van der Waals surface area contributed by atoms with E-state index in [2.05, 4.69) is 35.0 Å². The first kappa shape index (κ1) is 21.3. The van der Waals surface area contributed by atoms with E-state index in [1.807, 2.05) is 13.8 Å². The first-order chi connectivity index (χ1) is 11.7. The number of pyridine rings is 1. The van der Waals surface area contributed by atoms with Gasteiger partial charge in [-0.1, -0.05) is 17.7 Å². The number of benzene rings is 1. The van der Waals surface area contributed by atoms with E-state index in [0.717, 1.165) is 32.7 Å². The minimum Gasteiger partial charge on any atom is -0.462 e. The van der Waals surface area contributed by atoms with Crippen LogP contribution in [0.5, 0.6) is 0 Å². The topological polar surface area (TPSA) is 102 Å². The van der Waals surface area contributed by atoms with Crippen LogP contribution < -0.4 is 16.3 Å². The van der Waals surface area contributed by atoms with Gasteiger partial charge in [0.25, 0.3) is 0 Å². The molecular weight excluding hydrogens is 406 g/mol. The van der Waals surface area contributed by atoms with Gasteiger partial charge in [0, 0.05) is 16.9 Å². The Bertz CT molecular complexity index is 723. The second-order valence-corrected chi connectivity index (χ2v) is 6.85. The highest BCUT2D eigenvalue weighted by Crippen LogP contribution is 2.24. The van der Waals surface area contributed by atoms with E-state index in [1.54, 1.807) is 13.0 Å². The van der Waals surface area contributed by atoms with Crippen molar-refractivity contribution in [2.75, 3.05) is 18.2 Å². The SMILES string of the molecule is CCOC(=O)c1cc(Br)c(N)[n+](N)c1.Cc1cc(C)c(SO)c(C)c1. The van der Waals surface area contributed by atoms with Crippen LogP contribution in [0.2, 0.25) is 0 Å². The third kappa shape index (κ3) is 5.91. The van der Waals surface area contributed by atoms with Crippen molar-refractivity contribution in [2.45, 2.75) is 32.6 Å². The summed E-state index contributed by atoms with van der Waals surface area (Å²) in [6.45, 7) is 8.15. The molecule has 136 valence electrons. The number of aryl methyl sites for hydroxylation is 3. The van der Waals surface area contributed by atoms with E-state index in [-0.39, 0.29) is 0 Å². The van der Waals surface area contributed by atoms with Gasteiger partial charge in [0.1, 0.15) is 16.2 Å². The number of anilines is 1. The molecule has 8 heteroatoms. The zero-order chi connectivity index (χ0) is 19.1. The number of halogens is 1. The first-order valence-electron chi connectivity index (χ1n) is 7.53. The lowest BCUT2D eigenvalue weighted by molar-refractivity contribution is -0.624. The molecular formula is C17H23BrN3O3S+. The van der Waals surface area contributed by atoms with Crippen molar-refractivity contribution in [3.05, 3.63) is 51.1 Å². The molecule has 0 aliphatic heterocycles. The third-order valence-corrected chi connectivity index (χ3v) is 4.75. The third-order valence-electron chi connectivity index (χ3n) is 3.29. The van der Waals surface area contributed by atoms with E-state index in [1.165, 1.54) is 11.8 Å². The van der Waals surface area contributed by atoms with Gasteiger partial charge in [-0.25, -0.2) is 4.79 Å². The fourth-order valence-corrected chi connectivity index (χ4v) is 3.08. The normalized spacial score (nSPS) is 10.0. The lowest BCUT2D eigenvalue weighted by atomic mass is 10.1. The number of rotatable bonds is 3. The Hall–Kier alpha value is -1.77. The summed E-state index contributed by atoms with van der Waals surface area (Å²) in [5.41, 5.74) is 9.46. The highest BCUT2D eigenvalue weighted by atomic mass is 79.9. The molecule has 0 atom stereocenters. The zero-order valence-corrected chi connectivity index (χ0v) is 17.1. The highest BCUT2D eigenvalue weighted by molar-refractivity contribution is 9.10. The second-order valence-electron chi connectivity index (χ2n) is 5.41. The molecule has 2 aromatic rings. The molecule has 0 aliphatic rings. The number of nitrogens with two attached hydrogens (primary N) is 2. The number of aromatic nitrogens is 1. The van der Waals surface area contributed by atoms with Gasteiger partial charge in [0.15, 0.2) is 0 Å². The van der Waals surface area contributed by atoms with Crippen molar-refractivity contribution >= 4 is 39.8 Å². The number of esters is 1. The fraction of sp³-hybridized carbons (Fsp3) is 0.294. The summed E-state index contributed by atoms with van der Waals surface area (Å²) < 4.78 is 15.4. The quantitative estimate of drug-likeness (QED) is 0.299. The lowest BCUT2D eigenvalue weighted by Gasteiger charge is -2.06. The van der Waals surface area contributed by atoms with Gasteiger partial charge in [-0.15, -0.1) is 4.68 Å². The van der Waals surface area contributed by atoms with Crippen LogP contribution in [0.15, 0.2) is 33.8 Å². The molecule has 0 bridgehead atoms. The molecule has 1 aromatic heterocycles. The number of carbonyl (C=O) groups is 1. The molecule has 0 aliphatic carbocycles. The van der Waals surface area contributed by atoms with Crippen LogP contribution in [0.4, 0.5) is 5.82 Å². The molecule has 0 spiro atoms. The molecule has 25 heavy (non-hydrogen) atoms. The molecule has 0 saturated heterocycles. The Kier molecular flexibility index (Phi) is 8.21. The average Bonchev–Trinajstić information content (AvgIpc) is 2.52. The maximum absolute atomic E-state index is 11.3. The van der Waals surface area contributed by atoms with Crippen molar-refractivity contribution in [2.24, 2.45) is 0 Å². The predicted octanol–water partition coefficient (Wildman–Crippen LogP) is 3.39. The molecule has 0 radical (unpaired) electrons. The standard InChI is InChI=1S/C9H12OS.C8H10BrN3O2/c1-6-4-7(2)9(11-10)8(3)5-6;1-2-14-8(13)5-3-6(9)7(10)12(11)4-5/h4-5,10H,1-3H3;3-4,10H,2,11H2,1H3/p+1. The van der Waals surface area contributed by atoms with Crippen molar-refractivity contribution in [1.29, 1.82) is 0 Å². The molecule has 0 fully saturated rings. The van der Waals surface area contributed by atoms with E-state index < -0.39 is 5.97 Å². The number of nitrogens with zero attached hydrogens (tertiary/aromatic N) is 1. The maximum atomic E-state index is 11.3. The summed E-state index contributed by atoms with van der Waals surface area (Å²) in [5, 5.41) is 0. The van der Waals surface area contributed by atoms with Gasteiger partial charge in [0.2, 0.25) is 0 Å². The number of ether oxygens (including phenoxy) is 1. The van der Waals surface area contributed by atoms with Crippen LogP contribution in [-0.2, 0) is 4.74 Å². The van der Waals surface area contributed by atoms with E-state index in [9.17, 15) is 4.79 Å². The van der Waals surface area contributed by atoms with Gasteiger partial charge in [-0.05, 0) is 60.8 Å². The van der Waals surface area contributed by atoms with Crippen LogP contribution in [-0.4, -0.2) is 17.1 Å². The Morgan fingerprint density at radius 2 is 1.84 bits per heavy atom. The van der Waals surface area contributed by atoms with Crippen molar-refractivity contribution in [3.8, 4) is 0 Å². The van der Waals surface area contributed by atoms with Gasteiger partial charge in [0.05, 0.1) is 6.61 Å². The zero-order valence-electron chi connectivity index (χ0n) is 14.7. The van der Waals surface area contributed by atoms with Crippen LogP contribution in [0, 0.1) is 20.8 Å². The van der Waals surface area contributed by atoms with E-state index in [0.29, 0.717) is 22.5 Å². The Balaban J connectivity index is 0.000000257. The van der Waals surface area contributed by atoms with E-state index >= 15 is 0 Å². The van der Waals surface area contributed by atoms with Gasteiger partial charge in [-0.3, -0.25) is 11.6 Å². The van der Waals surface area contributed by atoms with Crippen molar-refractivity contribution in [1.82, 2.24) is 0 Å². The van der Waals surface area contributed by atoms with Crippen molar-refractivity contribution in [3.63, 3.8) is 0 Å². The number of nitrogen functional groups attached to an aromatic ring is 2. The summed E-state index contributed by atoms with van der Waals surface area (Å²) in [6.07, 6.45) is 1.41. The summed E-state index contributed by atoms with van der Waals surface area (Å²) in [7, 11) is 0. The average molecular weight is 429 g/mol. The maximum Gasteiger partial charge on any atom is 0.341 e. The summed E-state index contributed by atoms with van der Waals surface area (Å²) >= 11 is 4.01. The van der Waals surface area contributed by atoms with Crippen LogP contribution in [0.25, 0.3) is 0 Å². The predicted molar refractivity (Wildman–Crippen MR) is 104 cm³/mol. The number of hydrogen-bond donors (Lipinski definition) is 3. The molecule has 0 saturated carbocycles. The summed E-state index contributed by atoms with van der Waals surface area (Å²) in [4.78, 5) is 12.3. The summed E-state index contributed by atoms with van der Waals surface area (Å²) in [5.74, 6) is 5.43. The van der Waals surface area contributed by atoms with Gasteiger partial charge >= 0.3 is 11.8 Å². The molecule has 2 rings (SSSR count). The molecule has 0 unspecified atom stereocenters. The van der Waals surface area contributed by atoms with Crippen LogP contribution in [0.1, 0.15) is 34.0 Å². The number of hydrogen-bond acceptors (Lipinski definition) is 6. The first-order valence-corrected chi connectivity index (χ1v) is 9.10.